The van der Waals surface area contributed by atoms with Gasteiger partial charge in [-0.15, -0.1) is 0 Å². The summed E-state index contributed by atoms with van der Waals surface area (Å²) in [6.07, 6.45) is 0.675. The molecule has 0 spiro atoms. The minimum absolute atomic E-state index is 0.138. The van der Waals surface area contributed by atoms with Crippen LogP contribution in [-0.2, 0) is 6.42 Å². The molecule has 2 rings (SSSR count). The molecule has 1 aromatic heterocycles. The number of aromatic nitrogens is 2. The van der Waals surface area contributed by atoms with Crippen LogP contribution in [0, 0.1) is 12.7 Å². The van der Waals surface area contributed by atoms with E-state index in [1.54, 1.807) is 19.2 Å². The summed E-state index contributed by atoms with van der Waals surface area (Å²) >= 11 is 3.21. The lowest BCUT2D eigenvalue weighted by molar-refractivity contribution is 0.421. The molecular formula is C14H15BrFN3O. The number of aryl methyl sites for hydroxylation is 1. The molecule has 0 aliphatic heterocycles. The van der Waals surface area contributed by atoms with E-state index in [2.05, 4.69) is 31.2 Å². The van der Waals surface area contributed by atoms with E-state index in [1.165, 1.54) is 6.07 Å². The van der Waals surface area contributed by atoms with Gasteiger partial charge in [-0.1, -0.05) is 22.9 Å². The maximum Gasteiger partial charge on any atom is 0.227 e. The van der Waals surface area contributed by atoms with Crippen molar-refractivity contribution in [3.8, 4) is 11.6 Å². The Hall–Kier alpha value is -1.69. The first-order valence-corrected chi connectivity index (χ1v) is 7.02. The van der Waals surface area contributed by atoms with Gasteiger partial charge in [0.2, 0.25) is 5.88 Å². The summed E-state index contributed by atoms with van der Waals surface area (Å²) in [6.45, 7) is 3.78. The van der Waals surface area contributed by atoms with Gasteiger partial charge in [0.1, 0.15) is 11.6 Å². The summed E-state index contributed by atoms with van der Waals surface area (Å²) < 4.78 is 20.1. The zero-order chi connectivity index (χ0) is 14.7. The van der Waals surface area contributed by atoms with Gasteiger partial charge in [0.25, 0.3) is 0 Å². The third-order valence-corrected chi connectivity index (χ3v) is 3.29. The highest BCUT2D eigenvalue weighted by atomic mass is 79.9. The molecule has 1 aromatic carbocycles. The number of hydrogen-bond donors (Lipinski definition) is 1. The summed E-state index contributed by atoms with van der Waals surface area (Å²) in [7, 11) is 1.78. The van der Waals surface area contributed by atoms with Crippen molar-refractivity contribution in [2.75, 3.05) is 12.4 Å². The first-order valence-electron chi connectivity index (χ1n) is 6.23. The summed E-state index contributed by atoms with van der Waals surface area (Å²) in [5.74, 6) is 1.39. The molecule has 6 heteroatoms. The van der Waals surface area contributed by atoms with Gasteiger partial charge in [-0.05, 0) is 25.1 Å². The van der Waals surface area contributed by atoms with Crippen molar-refractivity contribution < 1.29 is 9.13 Å². The fraction of sp³-hybridized carbons (Fsp3) is 0.286. The number of ether oxygens (including phenoxy) is 1. The molecule has 0 amide bonds. The number of hydrogen-bond acceptors (Lipinski definition) is 4. The Morgan fingerprint density at radius 3 is 2.70 bits per heavy atom. The van der Waals surface area contributed by atoms with E-state index in [4.69, 9.17) is 4.74 Å². The highest BCUT2D eigenvalue weighted by Crippen LogP contribution is 2.30. The number of benzene rings is 1. The molecular weight excluding hydrogens is 325 g/mol. The molecule has 1 N–H and O–H groups in total. The number of halogens is 2. The average molecular weight is 340 g/mol. The fourth-order valence-electron chi connectivity index (χ4n) is 1.70. The first-order chi connectivity index (χ1) is 9.55. The number of anilines is 1. The van der Waals surface area contributed by atoms with Crippen molar-refractivity contribution in [2.45, 2.75) is 20.3 Å². The quantitative estimate of drug-likeness (QED) is 0.911. The molecule has 0 unspecified atom stereocenters. The van der Waals surface area contributed by atoms with Crippen molar-refractivity contribution in [2.24, 2.45) is 0 Å². The van der Waals surface area contributed by atoms with Crippen molar-refractivity contribution in [3.05, 3.63) is 39.9 Å². The van der Waals surface area contributed by atoms with Crippen LogP contribution < -0.4 is 10.1 Å². The summed E-state index contributed by atoms with van der Waals surface area (Å²) in [5.41, 5.74) is 0.743. The van der Waals surface area contributed by atoms with Crippen LogP contribution >= 0.6 is 15.9 Å². The van der Waals surface area contributed by atoms with E-state index in [1.807, 2.05) is 13.8 Å². The van der Waals surface area contributed by atoms with Crippen LogP contribution in [0.15, 0.2) is 22.7 Å². The van der Waals surface area contributed by atoms with Crippen molar-refractivity contribution in [1.82, 2.24) is 9.97 Å². The van der Waals surface area contributed by atoms with Gasteiger partial charge < -0.3 is 10.1 Å². The predicted molar refractivity (Wildman–Crippen MR) is 79.9 cm³/mol. The maximum atomic E-state index is 13.8. The van der Waals surface area contributed by atoms with Crippen LogP contribution in [0.1, 0.15) is 18.3 Å². The van der Waals surface area contributed by atoms with Crippen molar-refractivity contribution in [3.63, 3.8) is 0 Å². The second-order valence-electron chi connectivity index (χ2n) is 4.20. The highest BCUT2D eigenvalue weighted by Gasteiger charge is 2.13. The Bertz CT molecular complexity index is 634. The summed E-state index contributed by atoms with van der Waals surface area (Å²) in [4.78, 5) is 8.65. The standard InChI is InChI=1S/C14H15BrFN3O/c1-4-12-18-13(17-3)8(2)14(19-12)20-11-6-5-9(15)7-10(11)16/h5-7H,4H2,1-3H3,(H,17,18,19). The lowest BCUT2D eigenvalue weighted by atomic mass is 10.3. The third kappa shape index (κ3) is 3.07. The molecule has 0 aliphatic rings. The molecule has 20 heavy (non-hydrogen) atoms. The van der Waals surface area contributed by atoms with E-state index in [-0.39, 0.29) is 5.75 Å². The van der Waals surface area contributed by atoms with Crippen LogP contribution in [0.2, 0.25) is 0 Å². The lowest BCUT2D eigenvalue weighted by Crippen LogP contribution is -2.05. The minimum Gasteiger partial charge on any atom is -0.435 e. The molecule has 0 bridgehead atoms. The molecule has 0 radical (unpaired) electrons. The molecule has 0 atom stereocenters. The van der Waals surface area contributed by atoms with Crippen molar-refractivity contribution in [1.29, 1.82) is 0 Å². The molecule has 4 nitrogen and oxygen atoms in total. The van der Waals surface area contributed by atoms with Gasteiger partial charge in [-0.25, -0.2) is 9.37 Å². The topological polar surface area (TPSA) is 47.0 Å². The van der Waals surface area contributed by atoms with Crippen LogP contribution in [0.5, 0.6) is 11.6 Å². The molecule has 0 saturated carbocycles. The number of nitrogens with zero attached hydrogens (tertiary/aromatic N) is 2. The average Bonchev–Trinajstić information content (AvgIpc) is 2.43. The SMILES string of the molecule is CCc1nc(NC)c(C)c(Oc2ccc(Br)cc2F)n1. The Morgan fingerprint density at radius 2 is 2.10 bits per heavy atom. The Labute approximate surface area is 125 Å². The van der Waals surface area contributed by atoms with Gasteiger partial charge in [-0.2, -0.15) is 4.98 Å². The summed E-state index contributed by atoms with van der Waals surface area (Å²) in [5, 5.41) is 2.99. The number of rotatable bonds is 4. The van der Waals surface area contributed by atoms with Crippen LogP contribution in [0.4, 0.5) is 10.2 Å². The van der Waals surface area contributed by atoms with E-state index in [0.717, 1.165) is 5.56 Å². The Kier molecular flexibility index (Phi) is 4.54. The maximum absolute atomic E-state index is 13.8. The smallest absolute Gasteiger partial charge is 0.227 e. The zero-order valence-corrected chi connectivity index (χ0v) is 13.1. The molecule has 1 heterocycles. The van der Waals surface area contributed by atoms with E-state index in [0.29, 0.717) is 28.4 Å². The van der Waals surface area contributed by atoms with Crippen molar-refractivity contribution >= 4 is 21.7 Å². The van der Waals surface area contributed by atoms with Crippen LogP contribution in [-0.4, -0.2) is 17.0 Å². The summed E-state index contributed by atoms with van der Waals surface area (Å²) in [6, 6.07) is 4.63. The van der Waals surface area contributed by atoms with Crippen LogP contribution in [0.3, 0.4) is 0 Å². The molecule has 106 valence electrons. The van der Waals surface area contributed by atoms with Crippen LogP contribution in [0.25, 0.3) is 0 Å². The predicted octanol–water partition coefficient (Wildman–Crippen LogP) is 4.08. The Morgan fingerprint density at radius 1 is 1.35 bits per heavy atom. The third-order valence-electron chi connectivity index (χ3n) is 2.80. The molecule has 2 aromatic rings. The largest absolute Gasteiger partial charge is 0.435 e. The Balaban J connectivity index is 2.42. The van der Waals surface area contributed by atoms with E-state index < -0.39 is 5.82 Å². The van der Waals surface area contributed by atoms with Gasteiger partial charge >= 0.3 is 0 Å². The minimum atomic E-state index is -0.443. The van der Waals surface area contributed by atoms with E-state index >= 15 is 0 Å². The fourth-order valence-corrected chi connectivity index (χ4v) is 2.04. The second kappa shape index (κ2) is 6.17. The normalized spacial score (nSPS) is 10.4. The van der Waals surface area contributed by atoms with E-state index in [9.17, 15) is 4.39 Å². The first kappa shape index (κ1) is 14.7. The molecule has 0 aliphatic carbocycles. The van der Waals surface area contributed by atoms with Gasteiger partial charge in [-0.3, -0.25) is 0 Å². The lowest BCUT2D eigenvalue weighted by Gasteiger charge is -2.12. The number of nitrogens with one attached hydrogen (secondary N) is 1. The molecule has 0 saturated heterocycles. The highest BCUT2D eigenvalue weighted by molar-refractivity contribution is 9.10. The zero-order valence-electron chi connectivity index (χ0n) is 11.5. The molecule has 0 fully saturated rings. The van der Waals surface area contributed by atoms with Gasteiger partial charge in [0.05, 0.1) is 5.56 Å². The van der Waals surface area contributed by atoms with Gasteiger partial charge in [0.15, 0.2) is 11.6 Å². The van der Waals surface area contributed by atoms with Gasteiger partial charge in [0, 0.05) is 17.9 Å². The monoisotopic (exact) mass is 339 g/mol. The second-order valence-corrected chi connectivity index (χ2v) is 5.11.